The van der Waals surface area contributed by atoms with Crippen molar-refractivity contribution in [3.8, 4) is 5.75 Å². The highest BCUT2D eigenvalue weighted by molar-refractivity contribution is 6.49. The Balaban J connectivity index is 2.45. The smallest absolute Gasteiger partial charge is 0.203 e. The Morgan fingerprint density at radius 1 is 0.850 bits per heavy atom. The van der Waals surface area contributed by atoms with Crippen LogP contribution in [0.5, 0.6) is 5.75 Å². The number of benzene rings is 1. The first-order chi connectivity index (χ1) is 8.99. The fourth-order valence-corrected chi connectivity index (χ4v) is 1.87. The van der Waals surface area contributed by atoms with Crippen LogP contribution in [0.4, 0.5) is 17.6 Å². The lowest BCUT2D eigenvalue weighted by Gasteiger charge is -2.60. The van der Waals surface area contributed by atoms with Crippen LogP contribution < -0.4 is 15.5 Å². The first-order valence-corrected chi connectivity index (χ1v) is 5.22. The van der Waals surface area contributed by atoms with Gasteiger partial charge in [-0.05, 0) is 16.1 Å². The van der Waals surface area contributed by atoms with Crippen LogP contribution in [0.1, 0.15) is 0 Å². The van der Waals surface area contributed by atoms with Crippen LogP contribution in [-0.4, -0.2) is 56.0 Å². The van der Waals surface area contributed by atoms with E-state index in [1.807, 2.05) is 0 Å². The van der Waals surface area contributed by atoms with Crippen molar-refractivity contribution in [2.45, 2.75) is 16.8 Å². The lowest BCUT2D eigenvalue weighted by atomic mass is 9.38. The minimum atomic E-state index is -1.85. The van der Waals surface area contributed by atoms with E-state index in [0.29, 0.717) is 0 Å². The van der Waals surface area contributed by atoms with Gasteiger partial charge in [-0.25, -0.2) is 8.78 Å². The molecule has 0 spiro atoms. The largest absolute Gasteiger partial charge is 0.484 e. The molecule has 0 amide bonds. The summed E-state index contributed by atoms with van der Waals surface area (Å²) in [5, 5.41) is -1.44. The number of ether oxygens (including phenoxy) is 1. The zero-order valence-electron chi connectivity index (χ0n) is 9.88. The number of hydrogen-bond acceptors (Lipinski definition) is 2. The minimum absolute atomic E-state index is 1.32. The molecule has 10 radical (unpaired) electrons. The van der Waals surface area contributed by atoms with Crippen molar-refractivity contribution < 1.29 is 22.3 Å². The Morgan fingerprint density at radius 2 is 1.25 bits per heavy atom. The monoisotopic (exact) mass is 271 g/mol. The second kappa shape index (κ2) is 4.51. The molecule has 1 aromatic carbocycles. The third kappa shape index (κ3) is 2.16. The van der Waals surface area contributed by atoms with Gasteiger partial charge in [-0.3, -0.25) is 0 Å². The normalized spacial score (nSPS) is 20.4. The highest BCUT2D eigenvalue weighted by atomic mass is 19.2. The van der Waals surface area contributed by atoms with Crippen molar-refractivity contribution in [3.63, 3.8) is 0 Å². The van der Waals surface area contributed by atoms with E-state index < -0.39 is 51.3 Å². The fraction of sp³-hybridized carbons (Fsp3) is 0.333. The Labute approximate surface area is 119 Å². The predicted octanol–water partition coefficient (Wildman–Crippen LogP) is -1.63. The van der Waals surface area contributed by atoms with Crippen molar-refractivity contribution in [2.24, 2.45) is 0 Å². The van der Waals surface area contributed by atoms with E-state index in [-0.39, 0.29) is 0 Å². The molecule has 1 heterocycles. The summed E-state index contributed by atoms with van der Waals surface area (Å²) in [6, 6.07) is 0. The van der Waals surface area contributed by atoms with Gasteiger partial charge in [0.05, 0.1) is 31.4 Å². The molecule has 2 nitrogen and oxygen atoms in total. The molecule has 0 aliphatic carbocycles. The molecule has 1 N–H and O–H groups in total. The lowest BCUT2D eigenvalue weighted by Crippen LogP contribution is -2.86. The van der Waals surface area contributed by atoms with Gasteiger partial charge < -0.3 is 10.1 Å². The van der Waals surface area contributed by atoms with Crippen LogP contribution >= 0.6 is 0 Å². The van der Waals surface area contributed by atoms with Crippen molar-refractivity contribution in [1.82, 2.24) is 5.32 Å². The summed E-state index contributed by atoms with van der Waals surface area (Å²) in [5.74, 6) is -8.73. The summed E-state index contributed by atoms with van der Waals surface area (Å²) in [5.41, 5.74) is -1.32. The van der Waals surface area contributed by atoms with Gasteiger partial charge >= 0.3 is 0 Å². The molecule has 0 unspecified atom stereocenters. The van der Waals surface area contributed by atoms with Gasteiger partial charge in [0.2, 0.25) is 11.6 Å². The number of rotatable bonds is 2. The van der Waals surface area contributed by atoms with Gasteiger partial charge in [0.25, 0.3) is 0 Å². The number of halogens is 4. The maximum absolute atomic E-state index is 13.6. The van der Waals surface area contributed by atoms with E-state index in [2.05, 4.69) is 5.32 Å². The average molecular weight is 270 g/mol. The molecule has 20 heavy (non-hydrogen) atoms. The molecule has 92 valence electrons. The molecule has 0 aromatic heterocycles. The SMILES string of the molecule is [B]c1c(F)c(F)c(OC2C([B])([B])NC2([B])[B])c(F)c1F. The predicted molar refractivity (Wildman–Crippen MR) is 67.7 cm³/mol. The first-order valence-electron chi connectivity index (χ1n) is 5.22. The van der Waals surface area contributed by atoms with E-state index in [9.17, 15) is 17.6 Å². The number of hydrogen-bond donors (Lipinski definition) is 1. The van der Waals surface area contributed by atoms with Crippen LogP contribution in [0.3, 0.4) is 0 Å². The molecular weight excluding hydrogens is 268 g/mol. The maximum atomic E-state index is 13.6. The summed E-state index contributed by atoms with van der Waals surface area (Å²) in [7, 11) is 26.5. The molecule has 0 bridgehead atoms. The second-order valence-corrected chi connectivity index (χ2v) is 4.49. The van der Waals surface area contributed by atoms with Gasteiger partial charge in [-0.2, -0.15) is 8.78 Å². The quantitative estimate of drug-likeness (QED) is 0.396. The molecule has 1 fully saturated rings. The average Bonchev–Trinajstić information content (AvgIpc) is 2.32. The Hall–Kier alpha value is -0.975. The first kappa shape index (κ1) is 15.4. The fourth-order valence-electron chi connectivity index (χ4n) is 1.87. The minimum Gasteiger partial charge on any atom is -0.484 e. The van der Waals surface area contributed by atoms with Gasteiger partial charge in [0, 0.05) is 0 Å². The van der Waals surface area contributed by atoms with Crippen molar-refractivity contribution >= 4 is 44.7 Å². The Morgan fingerprint density at radius 3 is 1.60 bits per heavy atom. The molecule has 0 saturated carbocycles. The topological polar surface area (TPSA) is 21.3 Å². The summed E-state index contributed by atoms with van der Waals surface area (Å²) < 4.78 is 58.4. The van der Waals surface area contributed by atoms with Gasteiger partial charge in [0.15, 0.2) is 17.4 Å². The van der Waals surface area contributed by atoms with Crippen LogP contribution in [0.25, 0.3) is 0 Å². The molecule has 2 rings (SSSR count). The molecule has 0 atom stereocenters. The zero-order chi connectivity index (χ0) is 15.5. The van der Waals surface area contributed by atoms with Crippen LogP contribution in [0.15, 0.2) is 0 Å². The summed E-state index contributed by atoms with van der Waals surface area (Å²) >= 11 is 0. The van der Waals surface area contributed by atoms with Gasteiger partial charge in [-0.1, -0.05) is 0 Å². The van der Waals surface area contributed by atoms with Crippen LogP contribution in [0, 0.1) is 23.3 Å². The van der Waals surface area contributed by atoms with E-state index in [1.54, 1.807) is 0 Å². The molecule has 1 aliphatic rings. The van der Waals surface area contributed by atoms with Crippen LogP contribution in [0.2, 0.25) is 0 Å². The molecule has 1 saturated heterocycles. The Bertz CT molecular complexity index is 539. The molecule has 1 aliphatic heterocycles. The number of nitrogens with one attached hydrogen (secondary N) is 1. The summed E-state index contributed by atoms with van der Waals surface area (Å²) in [6.07, 6.45) is -1.55. The van der Waals surface area contributed by atoms with Crippen molar-refractivity contribution in [3.05, 3.63) is 23.3 Å². The molecule has 1 aromatic rings. The third-order valence-corrected chi connectivity index (χ3v) is 2.79. The zero-order valence-corrected chi connectivity index (χ0v) is 9.88. The van der Waals surface area contributed by atoms with Gasteiger partial charge in [0.1, 0.15) is 14.0 Å². The standard InChI is InChI=1S/C9H2B5F4NO/c10-1-2(15)4(17)6(5(18)3(1)16)20-7-8(11,12)19-9(7,13)14/h7,19H. The lowest BCUT2D eigenvalue weighted by molar-refractivity contribution is 0.0525. The summed E-state index contributed by atoms with van der Waals surface area (Å²) in [6.45, 7) is 0. The highest BCUT2D eigenvalue weighted by Gasteiger charge is 2.52. The van der Waals surface area contributed by atoms with Crippen molar-refractivity contribution in [1.29, 1.82) is 0 Å². The summed E-state index contributed by atoms with van der Waals surface area (Å²) in [4.78, 5) is 0. The van der Waals surface area contributed by atoms with E-state index in [4.69, 9.17) is 44.0 Å². The second-order valence-electron chi connectivity index (χ2n) is 4.49. The highest BCUT2D eigenvalue weighted by Crippen LogP contribution is 2.33. The Kier molecular flexibility index (Phi) is 3.48. The molecule has 11 heteroatoms. The maximum Gasteiger partial charge on any atom is 0.203 e. The van der Waals surface area contributed by atoms with Crippen molar-refractivity contribution in [2.75, 3.05) is 0 Å². The van der Waals surface area contributed by atoms with Crippen LogP contribution in [-0.2, 0) is 0 Å². The molecular formula is C9H2B5F4NO. The van der Waals surface area contributed by atoms with E-state index >= 15 is 0 Å². The third-order valence-electron chi connectivity index (χ3n) is 2.79. The van der Waals surface area contributed by atoms with E-state index in [1.165, 1.54) is 0 Å². The van der Waals surface area contributed by atoms with E-state index in [0.717, 1.165) is 0 Å². The van der Waals surface area contributed by atoms with Gasteiger partial charge in [-0.15, -0.1) is 0 Å².